The van der Waals surface area contributed by atoms with Crippen LogP contribution in [0.15, 0.2) is 27.8 Å². The molecule has 0 bridgehead atoms. The smallest absolute Gasteiger partial charge is 0.400 e. The van der Waals surface area contributed by atoms with Gasteiger partial charge in [-0.05, 0) is 24.6 Å². The molecule has 0 aliphatic heterocycles. The van der Waals surface area contributed by atoms with E-state index in [1.807, 2.05) is 0 Å². The van der Waals surface area contributed by atoms with Gasteiger partial charge in [-0.3, -0.25) is 0 Å². The molecule has 0 aromatic heterocycles. The zero-order valence-corrected chi connectivity index (χ0v) is 11.6. The summed E-state index contributed by atoms with van der Waals surface area (Å²) in [4.78, 5) is 0. The predicted molar refractivity (Wildman–Crippen MR) is 70.3 cm³/mol. The molecule has 0 amide bonds. The first-order chi connectivity index (χ1) is 8.77. The minimum Gasteiger partial charge on any atom is -0.409 e. The summed E-state index contributed by atoms with van der Waals surface area (Å²) >= 11 is 3.28. The largest absolute Gasteiger partial charge is 0.409 e. The molecule has 0 aliphatic carbocycles. The molecule has 4 nitrogen and oxygen atoms in total. The number of amidine groups is 1. The van der Waals surface area contributed by atoms with Gasteiger partial charge < -0.3 is 16.3 Å². The first-order valence-corrected chi connectivity index (χ1v) is 6.09. The Hall–Kier alpha value is -1.44. The zero-order chi connectivity index (χ0) is 14.6. The Kier molecular flexibility index (Phi) is 5.04. The fraction of sp³-hybridized carbons (Fsp3) is 0.364. The Bertz CT molecular complexity index is 477. The number of benzene rings is 1. The van der Waals surface area contributed by atoms with Crippen molar-refractivity contribution in [2.45, 2.75) is 13.1 Å². The van der Waals surface area contributed by atoms with Crippen molar-refractivity contribution in [2.24, 2.45) is 16.8 Å². The first-order valence-electron chi connectivity index (χ1n) is 5.30. The number of anilines is 1. The number of nitrogens with zero attached hydrogens (tertiary/aromatic N) is 1. The Morgan fingerprint density at radius 3 is 2.68 bits per heavy atom. The van der Waals surface area contributed by atoms with Crippen LogP contribution in [0.25, 0.3) is 0 Å². The lowest BCUT2D eigenvalue weighted by molar-refractivity contribution is -0.152. The highest BCUT2D eigenvalue weighted by atomic mass is 79.9. The van der Waals surface area contributed by atoms with Crippen LogP contribution in [0, 0.1) is 12.8 Å². The highest BCUT2D eigenvalue weighted by Gasteiger charge is 2.42. The maximum absolute atomic E-state index is 12.7. The molecule has 1 unspecified atom stereocenters. The standard InChI is InChI=1S/C11H13BrF3N3O/c1-6-8(12)3-2-4-9(6)17-5-7(10(16)18-19)11(13,14)15/h2-4,7,17,19H,5H2,1H3,(H2,16,18). The van der Waals surface area contributed by atoms with E-state index in [1.165, 1.54) is 0 Å². The molecule has 0 spiro atoms. The molecule has 1 atom stereocenters. The fourth-order valence-corrected chi connectivity index (χ4v) is 1.83. The van der Waals surface area contributed by atoms with Gasteiger partial charge in [0, 0.05) is 16.7 Å². The van der Waals surface area contributed by atoms with Gasteiger partial charge >= 0.3 is 6.18 Å². The molecule has 19 heavy (non-hydrogen) atoms. The van der Waals surface area contributed by atoms with E-state index in [4.69, 9.17) is 10.9 Å². The number of halogens is 4. The average Bonchev–Trinajstić information content (AvgIpc) is 2.32. The topological polar surface area (TPSA) is 70.6 Å². The number of rotatable bonds is 4. The van der Waals surface area contributed by atoms with E-state index in [0.29, 0.717) is 5.69 Å². The van der Waals surface area contributed by atoms with Crippen LogP contribution < -0.4 is 11.1 Å². The van der Waals surface area contributed by atoms with Gasteiger partial charge in [0.2, 0.25) is 0 Å². The summed E-state index contributed by atoms with van der Waals surface area (Å²) < 4.78 is 38.9. The Labute approximate surface area is 116 Å². The van der Waals surface area contributed by atoms with Crippen molar-refractivity contribution in [2.75, 3.05) is 11.9 Å². The molecule has 0 saturated heterocycles. The van der Waals surface area contributed by atoms with E-state index in [-0.39, 0.29) is 0 Å². The van der Waals surface area contributed by atoms with E-state index >= 15 is 0 Å². The van der Waals surface area contributed by atoms with Crippen molar-refractivity contribution in [3.63, 3.8) is 0 Å². The second-order valence-electron chi connectivity index (χ2n) is 3.91. The third kappa shape index (κ3) is 4.02. The summed E-state index contributed by atoms with van der Waals surface area (Å²) in [6.45, 7) is 1.26. The third-order valence-corrected chi connectivity index (χ3v) is 3.49. The van der Waals surface area contributed by atoms with Gasteiger partial charge in [0.05, 0.1) is 0 Å². The van der Waals surface area contributed by atoms with Crippen LogP contribution >= 0.6 is 15.9 Å². The number of nitrogens with two attached hydrogens (primary N) is 1. The second-order valence-corrected chi connectivity index (χ2v) is 4.77. The number of hydrogen-bond acceptors (Lipinski definition) is 3. The van der Waals surface area contributed by atoms with Gasteiger partial charge in [0.15, 0.2) is 5.84 Å². The van der Waals surface area contributed by atoms with Crippen LogP contribution in [0.5, 0.6) is 0 Å². The molecule has 1 aromatic carbocycles. The molecular weight excluding hydrogens is 327 g/mol. The Balaban J connectivity index is 2.86. The monoisotopic (exact) mass is 339 g/mol. The van der Waals surface area contributed by atoms with Crippen molar-refractivity contribution in [3.8, 4) is 0 Å². The summed E-state index contributed by atoms with van der Waals surface area (Å²) in [5, 5.41) is 13.5. The van der Waals surface area contributed by atoms with Crippen LogP contribution in [0.2, 0.25) is 0 Å². The maximum Gasteiger partial charge on any atom is 0.400 e. The first kappa shape index (κ1) is 15.6. The second kappa shape index (κ2) is 6.14. The predicted octanol–water partition coefficient (Wildman–Crippen LogP) is 3.09. The maximum atomic E-state index is 12.7. The van der Waals surface area contributed by atoms with Crippen molar-refractivity contribution < 1.29 is 18.4 Å². The summed E-state index contributed by atoms with van der Waals surface area (Å²) in [5.41, 5.74) is 6.40. The fourth-order valence-electron chi connectivity index (χ4n) is 1.47. The molecule has 1 aromatic rings. The van der Waals surface area contributed by atoms with Crippen LogP contribution in [0.4, 0.5) is 18.9 Å². The van der Waals surface area contributed by atoms with Crippen molar-refractivity contribution in [1.29, 1.82) is 0 Å². The molecule has 0 radical (unpaired) electrons. The van der Waals surface area contributed by atoms with Crippen LogP contribution in [0.3, 0.4) is 0 Å². The summed E-state index contributed by atoms with van der Waals surface area (Å²) in [6.07, 6.45) is -4.58. The van der Waals surface area contributed by atoms with Crippen molar-refractivity contribution in [3.05, 3.63) is 28.2 Å². The number of nitrogens with one attached hydrogen (secondary N) is 1. The molecule has 106 valence electrons. The van der Waals surface area contributed by atoms with Crippen LogP contribution in [0.1, 0.15) is 5.56 Å². The van der Waals surface area contributed by atoms with Gasteiger partial charge in [-0.1, -0.05) is 27.2 Å². The van der Waals surface area contributed by atoms with Gasteiger partial charge in [0.1, 0.15) is 5.92 Å². The van der Waals surface area contributed by atoms with E-state index in [0.717, 1.165) is 10.0 Å². The summed E-state index contributed by atoms with van der Waals surface area (Å²) in [6, 6.07) is 5.14. The molecule has 0 fully saturated rings. The molecule has 4 N–H and O–H groups in total. The van der Waals surface area contributed by atoms with E-state index in [1.54, 1.807) is 25.1 Å². The lowest BCUT2D eigenvalue weighted by atomic mass is 10.1. The molecule has 0 saturated carbocycles. The van der Waals surface area contributed by atoms with Crippen LogP contribution in [-0.4, -0.2) is 23.8 Å². The normalized spacial score (nSPS) is 14.3. The van der Waals surface area contributed by atoms with E-state index < -0.39 is 24.5 Å². The lowest BCUT2D eigenvalue weighted by Gasteiger charge is -2.20. The number of oxime groups is 1. The van der Waals surface area contributed by atoms with Crippen molar-refractivity contribution in [1.82, 2.24) is 0 Å². The minimum absolute atomic E-state index is 0.503. The SMILES string of the molecule is Cc1c(Br)cccc1NCC(/C(N)=N/O)C(F)(F)F. The third-order valence-electron chi connectivity index (χ3n) is 2.63. The Morgan fingerprint density at radius 1 is 1.53 bits per heavy atom. The molecule has 0 aliphatic rings. The van der Waals surface area contributed by atoms with E-state index in [2.05, 4.69) is 26.4 Å². The van der Waals surface area contributed by atoms with Crippen LogP contribution in [-0.2, 0) is 0 Å². The highest BCUT2D eigenvalue weighted by molar-refractivity contribution is 9.10. The summed E-state index contributed by atoms with van der Waals surface area (Å²) in [7, 11) is 0. The number of alkyl halides is 3. The highest BCUT2D eigenvalue weighted by Crippen LogP contribution is 2.28. The molecule has 8 heteroatoms. The molecular formula is C11H13BrF3N3O. The van der Waals surface area contributed by atoms with Gasteiger partial charge in [0.25, 0.3) is 0 Å². The lowest BCUT2D eigenvalue weighted by Crippen LogP contribution is -2.40. The quantitative estimate of drug-likeness (QED) is 0.341. The molecule has 1 rings (SSSR count). The Morgan fingerprint density at radius 2 is 2.16 bits per heavy atom. The van der Waals surface area contributed by atoms with Gasteiger partial charge in [-0.15, -0.1) is 0 Å². The molecule has 0 heterocycles. The van der Waals surface area contributed by atoms with Gasteiger partial charge in [-0.2, -0.15) is 13.2 Å². The van der Waals surface area contributed by atoms with Gasteiger partial charge in [-0.25, -0.2) is 0 Å². The average molecular weight is 340 g/mol. The summed E-state index contributed by atoms with van der Waals surface area (Å²) in [5.74, 6) is -2.91. The van der Waals surface area contributed by atoms with E-state index in [9.17, 15) is 13.2 Å². The number of hydrogen-bond donors (Lipinski definition) is 3. The zero-order valence-electron chi connectivity index (χ0n) is 10.0. The van der Waals surface area contributed by atoms with Crippen molar-refractivity contribution >= 4 is 27.5 Å². The minimum atomic E-state index is -4.58.